The van der Waals surface area contributed by atoms with Crippen molar-refractivity contribution in [3.05, 3.63) is 0 Å². The van der Waals surface area contributed by atoms with Gasteiger partial charge in [-0.3, -0.25) is 4.55 Å². The smallest absolute Gasteiger partial charge is 0.426 e. The summed E-state index contributed by atoms with van der Waals surface area (Å²) >= 11 is 5.15. The Morgan fingerprint density at radius 1 is 1.38 bits per heavy atom. The zero-order valence-electron chi connectivity index (χ0n) is 7.24. The minimum Gasteiger partial charge on any atom is -0.450 e. The van der Waals surface area contributed by atoms with Gasteiger partial charge in [-0.1, -0.05) is 31.9 Å². The lowest BCUT2D eigenvalue weighted by Crippen LogP contribution is -2.40. The van der Waals surface area contributed by atoms with E-state index < -0.39 is 37.9 Å². The molecule has 96 valence electrons. The second-order valence-electron chi connectivity index (χ2n) is 2.52. The predicted molar refractivity (Wildman–Crippen MR) is 54.0 cm³/mol. The average Bonchev–Trinajstić information content (AvgIpc) is 1.98. The summed E-state index contributed by atoms with van der Waals surface area (Å²) < 4.78 is 68.0. The largest absolute Gasteiger partial charge is 0.450 e. The van der Waals surface area contributed by atoms with Gasteiger partial charge in [-0.25, -0.2) is 4.79 Å². The van der Waals surface area contributed by atoms with Crippen molar-refractivity contribution in [2.24, 2.45) is 0 Å². The van der Waals surface area contributed by atoms with Crippen LogP contribution < -0.4 is 0 Å². The highest BCUT2D eigenvalue weighted by atomic mass is 79.9. The van der Waals surface area contributed by atoms with Crippen LogP contribution in [0.25, 0.3) is 0 Å². The summed E-state index contributed by atoms with van der Waals surface area (Å²) in [6.07, 6.45) is -7.99. The van der Waals surface area contributed by atoms with Crippen LogP contribution in [0, 0.1) is 0 Å². The third-order valence-electron chi connectivity index (χ3n) is 1.16. The van der Waals surface area contributed by atoms with Crippen molar-refractivity contribution < 1.29 is 35.7 Å². The summed E-state index contributed by atoms with van der Waals surface area (Å²) in [4.78, 5) is 10.8. The van der Waals surface area contributed by atoms with Crippen molar-refractivity contribution in [2.45, 2.75) is 16.0 Å². The molecular formula is C5H5Br2F3O5S. The van der Waals surface area contributed by atoms with Crippen molar-refractivity contribution in [3.63, 3.8) is 0 Å². The second-order valence-corrected chi connectivity index (χ2v) is 7.07. The number of ether oxygens (including phenoxy) is 1. The van der Waals surface area contributed by atoms with Crippen LogP contribution >= 0.6 is 31.9 Å². The van der Waals surface area contributed by atoms with Gasteiger partial charge in [-0.2, -0.15) is 21.6 Å². The molecule has 0 aromatic heterocycles. The molecule has 0 radical (unpaired) electrons. The molecule has 5 nitrogen and oxygen atoms in total. The van der Waals surface area contributed by atoms with Gasteiger partial charge in [0.1, 0.15) is 5.75 Å². The van der Waals surface area contributed by atoms with Gasteiger partial charge in [0, 0.05) is 0 Å². The summed E-state index contributed by atoms with van der Waals surface area (Å²) in [5.74, 6) is -3.10. The van der Waals surface area contributed by atoms with Crippen LogP contribution in [0.5, 0.6) is 0 Å². The molecule has 0 fully saturated rings. The minimum absolute atomic E-state index is 1.20. The first kappa shape index (κ1) is 16.1. The van der Waals surface area contributed by atoms with Gasteiger partial charge in [0.05, 0.1) is 0 Å². The fourth-order valence-electron chi connectivity index (χ4n) is 0.578. The highest BCUT2D eigenvalue weighted by Crippen LogP contribution is 2.25. The number of halogens is 5. The molecule has 1 unspecified atom stereocenters. The maximum absolute atomic E-state index is 12.2. The first-order chi connectivity index (χ1) is 6.93. The highest BCUT2D eigenvalue weighted by molar-refractivity contribution is 9.25. The molecule has 0 saturated carbocycles. The zero-order valence-corrected chi connectivity index (χ0v) is 11.2. The van der Waals surface area contributed by atoms with Crippen molar-refractivity contribution in [1.82, 2.24) is 0 Å². The Morgan fingerprint density at radius 2 is 1.81 bits per heavy atom. The van der Waals surface area contributed by atoms with Crippen LogP contribution in [0.2, 0.25) is 0 Å². The topological polar surface area (TPSA) is 80.7 Å². The maximum Gasteiger partial charge on any atom is 0.426 e. The van der Waals surface area contributed by atoms with Crippen LogP contribution in [0.1, 0.15) is 0 Å². The van der Waals surface area contributed by atoms with Crippen LogP contribution in [0.4, 0.5) is 13.2 Å². The fraction of sp³-hybridized carbons (Fsp3) is 0.800. The molecule has 0 saturated heterocycles. The van der Waals surface area contributed by atoms with Gasteiger partial charge in [0.2, 0.25) is 6.10 Å². The van der Waals surface area contributed by atoms with Crippen molar-refractivity contribution in [2.75, 3.05) is 5.75 Å². The van der Waals surface area contributed by atoms with E-state index in [0.717, 1.165) is 0 Å². The normalized spacial score (nSPS) is 14.9. The quantitative estimate of drug-likeness (QED) is 0.444. The molecule has 1 N–H and O–H groups in total. The lowest BCUT2D eigenvalue weighted by Gasteiger charge is -2.19. The average molecular weight is 394 g/mol. The van der Waals surface area contributed by atoms with Crippen LogP contribution in [-0.2, 0) is 19.6 Å². The van der Waals surface area contributed by atoms with Crippen LogP contribution in [-0.4, -0.2) is 40.7 Å². The molecular weight excluding hydrogens is 389 g/mol. The molecule has 1 atom stereocenters. The number of hydrogen-bond acceptors (Lipinski definition) is 4. The molecule has 0 rings (SSSR count). The van der Waals surface area contributed by atoms with E-state index in [0.29, 0.717) is 0 Å². The number of rotatable bonds is 4. The number of carbonyl (C=O) groups excluding carboxylic acids is 1. The second kappa shape index (κ2) is 5.65. The standard InChI is InChI=1S/C5H5Br2F3O5S/c6-3(7)4(11)15-2(5(8,9)10)1-16(12,13)14/h2-3H,1H2,(H,12,13,14). The molecule has 0 heterocycles. The molecule has 0 aromatic rings. The number of hydrogen-bond donors (Lipinski definition) is 1. The van der Waals surface area contributed by atoms with E-state index in [9.17, 15) is 26.4 Å². The van der Waals surface area contributed by atoms with Gasteiger partial charge in [-0.05, 0) is 0 Å². The Bertz CT molecular complexity index is 352. The molecule has 16 heavy (non-hydrogen) atoms. The molecule has 11 heteroatoms. The first-order valence-electron chi connectivity index (χ1n) is 3.44. The van der Waals surface area contributed by atoms with E-state index in [2.05, 4.69) is 36.6 Å². The number of carbonyl (C=O) groups is 1. The minimum atomic E-state index is -5.08. The Kier molecular flexibility index (Phi) is 5.69. The highest BCUT2D eigenvalue weighted by Gasteiger charge is 2.45. The molecule has 0 aromatic carbocycles. The molecule has 0 aliphatic carbocycles. The third-order valence-corrected chi connectivity index (χ3v) is 2.64. The SMILES string of the molecule is O=C(OC(CS(=O)(=O)O)C(F)(F)F)C(Br)Br. The van der Waals surface area contributed by atoms with Gasteiger partial charge < -0.3 is 4.74 Å². The van der Waals surface area contributed by atoms with Crippen molar-refractivity contribution in [1.29, 1.82) is 0 Å². The van der Waals surface area contributed by atoms with E-state index >= 15 is 0 Å². The number of alkyl halides is 5. The Labute approximate surface area is 105 Å². The van der Waals surface area contributed by atoms with Gasteiger partial charge in [0.25, 0.3) is 10.1 Å². The summed E-state index contributed by atoms with van der Waals surface area (Å²) in [6, 6.07) is 0. The molecule has 0 aliphatic rings. The van der Waals surface area contributed by atoms with Gasteiger partial charge >= 0.3 is 12.1 Å². The van der Waals surface area contributed by atoms with Crippen molar-refractivity contribution in [3.8, 4) is 0 Å². The summed E-state index contributed by atoms with van der Waals surface area (Å²) in [5.41, 5.74) is 0. The molecule has 0 aliphatic heterocycles. The summed E-state index contributed by atoms with van der Waals surface area (Å²) in [7, 11) is -4.91. The van der Waals surface area contributed by atoms with Crippen LogP contribution in [0.15, 0.2) is 0 Å². The lowest BCUT2D eigenvalue weighted by atomic mass is 10.4. The number of esters is 1. The van der Waals surface area contributed by atoms with E-state index in [1.54, 1.807) is 0 Å². The molecule has 0 amide bonds. The Balaban J connectivity index is 4.78. The summed E-state index contributed by atoms with van der Waals surface area (Å²) in [6.45, 7) is 0. The fourth-order valence-corrected chi connectivity index (χ4v) is 1.43. The molecule has 0 bridgehead atoms. The van der Waals surface area contributed by atoms with E-state index in [1.807, 2.05) is 0 Å². The predicted octanol–water partition coefficient (Wildman–Crippen LogP) is 1.46. The Morgan fingerprint density at radius 3 is 2.06 bits per heavy atom. The third kappa shape index (κ3) is 6.66. The first-order valence-corrected chi connectivity index (χ1v) is 6.88. The summed E-state index contributed by atoms with van der Waals surface area (Å²) in [5, 5.41) is 0. The Hall–Kier alpha value is 0.130. The zero-order chi connectivity index (χ0) is 13.1. The van der Waals surface area contributed by atoms with Crippen molar-refractivity contribution >= 4 is 47.9 Å². The van der Waals surface area contributed by atoms with E-state index in [1.165, 1.54) is 0 Å². The maximum atomic E-state index is 12.2. The monoisotopic (exact) mass is 392 g/mol. The van der Waals surface area contributed by atoms with E-state index in [-0.39, 0.29) is 0 Å². The van der Waals surface area contributed by atoms with E-state index in [4.69, 9.17) is 4.55 Å². The van der Waals surface area contributed by atoms with Gasteiger partial charge in [-0.15, -0.1) is 0 Å². The van der Waals surface area contributed by atoms with Crippen LogP contribution in [0.3, 0.4) is 0 Å². The van der Waals surface area contributed by atoms with Gasteiger partial charge in [0.15, 0.2) is 3.74 Å². The molecule has 0 spiro atoms. The lowest BCUT2D eigenvalue weighted by molar-refractivity contribution is -0.214.